The summed E-state index contributed by atoms with van der Waals surface area (Å²) in [6.45, 7) is 8.40. The molecule has 0 aliphatic heterocycles. The van der Waals surface area contributed by atoms with Crippen LogP contribution in [0.4, 0.5) is 0 Å². The third kappa shape index (κ3) is 4.65. The molecule has 1 aromatic rings. The third-order valence-corrected chi connectivity index (χ3v) is 3.22. The second kappa shape index (κ2) is 7.92. The topological polar surface area (TPSA) is 58.4 Å². The lowest BCUT2D eigenvalue weighted by atomic mass is 10.0. The third-order valence-electron chi connectivity index (χ3n) is 3.22. The lowest BCUT2D eigenvalue weighted by Gasteiger charge is -2.29. The van der Waals surface area contributed by atoms with Gasteiger partial charge in [0.25, 0.3) is 0 Å². The summed E-state index contributed by atoms with van der Waals surface area (Å²) in [6, 6.07) is 8.40. The Morgan fingerprint density at radius 2 is 2.16 bits per heavy atom. The smallest absolute Gasteiger partial charge is 0.234 e. The van der Waals surface area contributed by atoms with Gasteiger partial charge >= 0.3 is 0 Å². The van der Waals surface area contributed by atoms with E-state index in [-0.39, 0.29) is 11.9 Å². The van der Waals surface area contributed by atoms with Crippen molar-refractivity contribution in [1.29, 1.82) is 0 Å². The number of hydrogen-bond donors (Lipinski definition) is 2. The summed E-state index contributed by atoms with van der Waals surface area (Å²) in [5.74, 6) is 0.0513. The number of nitrogens with zero attached hydrogens (tertiary/aromatic N) is 1. The summed E-state index contributed by atoms with van der Waals surface area (Å²) in [6.07, 6.45) is 0. The first-order chi connectivity index (χ1) is 9.12. The highest BCUT2D eigenvalue weighted by Crippen LogP contribution is 2.20. The van der Waals surface area contributed by atoms with Crippen LogP contribution in [0.1, 0.15) is 31.0 Å². The molecule has 1 amide bonds. The minimum atomic E-state index is 0.0513. The van der Waals surface area contributed by atoms with Crippen molar-refractivity contribution in [2.24, 2.45) is 5.73 Å². The lowest BCUT2D eigenvalue weighted by Crippen LogP contribution is -2.41. The molecular formula is C15H25N3O. The molecule has 0 bridgehead atoms. The molecule has 0 fully saturated rings. The summed E-state index contributed by atoms with van der Waals surface area (Å²) in [5, 5.41) is 2.83. The van der Waals surface area contributed by atoms with Gasteiger partial charge in [-0.25, -0.2) is 0 Å². The Bertz CT molecular complexity index is 406. The standard InChI is InChI=1S/C15H25N3O/c1-4-17-15(19)11-18(5-2)14(10-16)13-8-6-7-12(3)9-13/h6-9,14H,4-5,10-11,16H2,1-3H3,(H,17,19). The van der Waals surface area contributed by atoms with Crippen LogP contribution in [-0.2, 0) is 4.79 Å². The van der Waals surface area contributed by atoms with Crippen molar-refractivity contribution in [2.45, 2.75) is 26.8 Å². The quantitative estimate of drug-likeness (QED) is 0.783. The molecule has 106 valence electrons. The van der Waals surface area contributed by atoms with Crippen LogP contribution >= 0.6 is 0 Å². The Morgan fingerprint density at radius 1 is 1.42 bits per heavy atom. The number of hydrogen-bond acceptors (Lipinski definition) is 3. The zero-order chi connectivity index (χ0) is 14.3. The molecule has 0 radical (unpaired) electrons. The molecule has 19 heavy (non-hydrogen) atoms. The van der Waals surface area contributed by atoms with Gasteiger partial charge in [0.1, 0.15) is 0 Å². The number of benzene rings is 1. The van der Waals surface area contributed by atoms with Gasteiger partial charge in [0.2, 0.25) is 5.91 Å². The molecule has 3 N–H and O–H groups in total. The zero-order valence-electron chi connectivity index (χ0n) is 12.1. The largest absolute Gasteiger partial charge is 0.355 e. The Kier molecular flexibility index (Phi) is 6.53. The van der Waals surface area contributed by atoms with Crippen LogP contribution in [0.3, 0.4) is 0 Å². The molecule has 4 nitrogen and oxygen atoms in total. The molecule has 0 saturated carbocycles. The van der Waals surface area contributed by atoms with Crippen molar-refractivity contribution < 1.29 is 4.79 Å². The summed E-state index contributed by atoms with van der Waals surface area (Å²) < 4.78 is 0. The first-order valence-corrected chi connectivity index (χ1v) is 6.89. The Hall–Kier alpha value is -1.39. The van der Waals surface area contributed by atoms with E-state index in [2.05, 4.69) is 42.3 Å². The maximum absolute atomic E-state index is 11.7. The number of aryl methyl sites for hydroxylation is 1. The van der Waals surface area contributed by atoms with Gasteiger partial charge in [-0.2, -0.15) is 0 Å². The van der Waals surface area contributed by atoms with Crippen LogP contribution in [0.15, 0.2) is 24.3 Å². The van der Waals surface area contributed by atoms with Crippen molar-refractivity contribution in [3.05, 3.63) is 35.4 Å². The summed E-state index contributed by atoms with van der Waals surface area (Å²) in [4.78, 5) is 13.8. The summed E-state index contributed by atoms with van der Waals surface area (Å²) in [5.41, 5.74) is 8.30. The van der Waals surface area contributed by atoms with Gasteiger partial charge in [-0.15, -0.1) is 0 Å². The Morgan fingerprint density at radius 3 is 2.68 bits per heavy atom. The van der Waals surface area contributed by atoms with E-state index in [0.29, 0.717) is 19.6 Å². The summed E-state index contributed by atoms with van der Waals surface area (Å²) in [7, 11) is 0. The van der Waals surface area contributed by atoms with Gasteiger partial charge in [-0.3, -0.25) is 9.69 Å². The van der Waals surface area contributed by atoms with Crippen LogP contribution in [0.5, 0.6) is 0 Å². The van der Waals surface area contributed by atoms with Crippen LogP contribution < -0.4 is 11.1 Å². The van der Waals surface area contributed by atoms with Gasteiger partial charge in [0.15, 0.2) is 0 Å². The maximum atomic E-state index is 11.7. The molecule has 1 atom stereocenters. The zero-order valence-corrected chi connectivity index (χ0v) is 12.1. The molecular weight excluding hydrogens is 238 g/mol. The fraction of sp³-hybridized carbons (Fsp3) is 0.533. The monoisotopic (exact) mass is 263 g/mol. The number of carbonyl (C=O) groups excluding carboxylic acids is 1. The Labute approximate surface area is 116 Å². The molecule has 1 aromatic carbocycles. The minimum Gasteiger partial charge on any atom is -0.355 e. The molecule has 0 aliphatic carbocycles. The van der Waals surface area contributed by atoms with E-state index in [0.717, 1.165) is 6.54 Å². The number of nitrogens with two attached hydrogens (primary N) is 1. The molecule has 1 unspecified atom stereocenters. The number of likely N-dealkylation sites (N-methyl/N-ethyl adjacent to an activating group) is 2. The first kappa shape index (κ1) is 15.7. The molecule has 0 heterocycles. The molecule has 4 heteroatoms. The van der Waals surface area contributed by atoms with E-state index < -0.39 is 0 Å². The molecule has 0 spiro atoms. The SMILES string of the molecule is CCNC(=O)CN(CC)C(CN)c1cccc(C)c1. The molecule has 0 aliphatic rings. The average Bonchev–Trinajstić information content (AvgIpc) is 2.38. The highest BCUT2D eigenvalue weighted by atomic mass is 16.2. The van der Waals surface area contributed by atoms with E-state index in [4.69, 9.17) is 5.73 Å². The minimum absolute atomic E-state index is 0.0513. The second-order valence-corrected chi connectivity index (χ2v) is 4.68. The molecule has 0 saturated heterocycles. The van der Waals surface area contributed by atoms with E-state index in [1.807, 2.05) is 13.0 Å². The lowest BCUT2D eigenvalue weighted by molar-refractivity contribution is -0.122. The first-order valence-electron chi connectivity index (χ1n) is 6.89. The van der Waals surface area contributed by atoms with Gasteiger partial charge < -0.3 is 11.1 Å². The predicted octanol–water partition coefficient (Wildman–Crippen LogP) is 1.45. The van der Waals surface area contributed by atoms with E-state index in [9.17, 15) is 4.79 Å². The second-order valence-electron chi connectivity index (χ2n) is 4.68. The molecule has 0 aromatic heterocycles. The van der Waals surface area contributed by atoms with E-state index in [1.165, 1.54) is 11.1 Å². The van der Waals surface area contributed by atoms with Crippen LogP contribution in [0.2, 0.25) is 0 Å². The fourth-order valence-corrected chi connectivity index (χ4v) is 2.25. The van der Waals surface area contributed by atoms with E-state index in [1.54, 1.807) is 0 Å². The number of rotatable bonds is 7. The number of nitrogens with one attached hydrogen (secondary N) is 1. The maximum Gasteiger partial charge on any atom is 0.234 e. The van der Waals surface area contributed by atoms with Crippen molar-refractivity contribution in [2.75, 3.05) is 26.2 Å². The Balaban J connectivity index is 2.83. The predicted molar refractivity (Wildman–Crippen MR) is 78.9 cm³/mol. The van der Waals surface area contributed by atoms with Crippen molar-refractivity contribution >= 4 is 5.91 Å². The van der Waals surface area contributed by atoms with Crippen molar-refractivity contribution in [3.8, 4) is 0 Å². The fourth-order valence-electron chi connectivity index (χ4n) is 2.25. The average molecular weight is 263 g/mol. The highest BCUT2D eigenvalue weighted by Gasteiger charge is 2.19. The van der Waals surface area contributed by atoms with E-state index >= 15 is 0 Å². The van der Waals surface area contributed by atoms with Crippen molar-refractivity contribution in [3.63, 3.8) is 0 Å². The number of carbonyl (C=O) groups is 1. The van der Waals surface area contributed by atoms with Crippen LogP contribution in [0, 0.1) is 6.92 Å². The summed E-state index contributed by atoms with van der Waals surface area (Å²) >= 11 is 0. The number of amides is 1. The molecule has 1 rings (SSSR count). The van der Waals surface area contributed by atoms with Gasteiger partial charge in [-0.05, 0) is 26.0 Å². The highest BCUT2D eigenvalue weighted by molar-refractivity contribution is 5.78. The van der Waals surface area contributed by atoms with Gasteiger partial charge in [0, 0.05) is 19.1 Å². The van der Waals surface area contributed by atoms with Gasteiger partial charge in [0.05, 0.1) is 6.54 Å². The van der Waals surface area contributed by atoms with Crippen LogP contribution in [0.25, 0.3) is 0 Å². The van der Waals surface area contributed by atoms with Crippen molar-refractivity contribution in [1.82, 2.24) is 10.2 Å². The van der Waals surface area contributed by atoms with Crippen LogP contribution in [-0.4, -0.2) is 37.0 Å². The normalized spacial score (nSPS) is 12.5. The van der Waals surface area contributed by atoms with Gasteiger partial charge in [-0.1, -0.05) is 36.8 Å².